The number of hydrogen-bond donors (Lipinski definition) is 1. The Hall–Kier alpha value is -0.370. The summed E-state index contributed by atoms with van der Waals surface area (Å²) in [5.74, 6) is 0. The van der Waals surface area contributed by atoms with Gasteiger partial charge in [0.1, 0.15) is 6.17 Å². The van der Waals surface area contributed by atoms with Gasteiger partial charge in [0.15, 0.2) is 0 Å². The fraction of sp³-hybridized carbons (Fsp3) is 0.750. The first-order valence-corrected chi connectivity index (χ1v) is 2.27. The third kappa shape index (κ3) is 0.186. The summed E-state index contributed by atoms with van der Waals surface area (Å²) in [5.41, 5.74) is 1.38. The molecule has 0 saturated carbocycles. The van der Waals surface area contributed by atoms with Crippen molar-refractivity contribution >= 4 is 5.71 Å². The van der Waals surface area contributed by atoms with E-state index in [2.05, 4.69) is 10.3 Å². The third-order valence-electron chi connectivity index (χ3n) is 1.26. The van der Waals surface area contributed by atoms with Gasteiger partial charge in [0, 0.05) is 13.0 Å². The lowest BCUT2D eigenvalue weighted by atomic mass is 10.4. The Morgan fingerprint density at radius 1 is 1.83 bits per heavy atom. The summed E-state index contributed by atoms with van der Waals surface area (Å²) in [6, 6.07) is 0. The summed E-state index contributed by atoms with van der Waals surface area (Å²) in [6.07, 6.45) is 1.70. The van der Waals surface area contributed by atoms with E-state index in [1.165, 1.54) is 12.1 Å². The van der Waals surface area contributed by atoms with E-state index in [1.807, 2.05) is 0 Å². The minimum absolute atomic E-state index is 0.505. The van der Waals surface area contributed by atoms with Gasteiger partial charge in [-0.25, -0.2) is 0 Å². The smallest absolute Gasteiger partial charge is 0.138 e. The zero-order valence-electron chi connectivity index (χ0n) is 3.44. The Morgan fingerprint density at radius 3 is 3.00 bits per heavy atom. The molecule has 0 aromatic heterocycles. The average molecular weight is 82.1 g/mol. The zero-order chi connectivity index (χ0) is 3.98. The minimum atomic E-state index is 0.505. The van der Waals surface area contributed by atoms with E-state index in [1.54, 1.807) is 0 Å². The van der Waals surface area contributed by atoms with Crippen LogP contribution in [0.4, 0.5) is 0 Å². The number of fused-ring (bicyclic) bond motifs is 1. The van der Waals surface area contributed by atoms with Crippen LogP contribution in [-0.4, -0.2) is 18.4 Å². The van der Waals surface area contributed by atoms with Crippen LogP contribution in [0.5, 0.6) is 0 Å². The van der Waals surface area contributed by atoms with Crippen molar-refractivity contribution in [1.29, 1.82) is 0 Å². The van der Waals surface area contributed by atoms with Crippen molar-refractivity contribution in [2.75, 3.05) is 6.54 Å². The second-order valence-electron chi connectivity index (χ2n) is 1.73. The normalized spacial score (nSPS) is 38.7. The zero-order valence-corrected chi connectivity index (χ0v) is 3.44. The van der Waals surface area contributed by atoms with Gasteiger partial charge < -0.3 is 0 Å². The fourth-order valence-corrected chi connectivity index (χ4v) is 0.830. The van der Waals surface area contributed by atoms with Crippen molar-refractivity contribution < 1.29 is 0 Å². The van der Waals surface area contributed by atoms with Gasteiger partial charge in [0.05, 0.1) is 5.71 Å². The highest BCUT2D eigenvalue weighted by Gasteiger charge is 2.31. The van der Waals surface area contributed by atoms with Crippen LogP contribution >= 0.6 is 0 Å². The second-order valence-corrected chi connectivity index (χ2v) is 1.73. The maximum absolute atomic E-state index is 4.07. The molecule has 2 rings (SSSR count). The summed E-state index contributed by atoms with van der Waals surface area (Å²) < 4.78 is 0. The van der Waals surface area contributed by atoms with Crippen molar-refractivity contribution in [3.63, 3.8) is 0 Å². The topological polar surface area (TPSA) is 24.4 Å². The standard InChI is InChI=1S/C4H6N2/c1-2-5-4-3(1)6-4/h4-5H,1-2H2/t4-/m0/s1. The van der Waals surface area contributed by atoms with E-state index >= 15 is 0 Å². The van der Waals surface area contributed by atoms with E-state index in [0.717, 1.165) is 6.54 Å². The molecular formula is C4H6N2. The van der Waals surface area contributed by atoms with E-state index in [-0.39, 0.29) is 0 Å². The van der Waals surface area contributed by atoms with Gasteiger partial charge >= 0.3 is 0 Å². The molecule has 1 fully saturated rings. The first-order valence-electron chi connectivity index (χ1n) is 2.27. The summed E-state index contributed by atoms with van der Waals surface area (Å²) in [5, 5.41) is 3.19. The summed E-state index contributed by atoms with van der Waals surface area (Å²) >= 11 is 0. The Balaban J connectivity index is 2.22. The maximum Gasteiger partial charge on any atom is 0.138 e. The molecule has 0 amide bonds. The SMILES string of the molecule is C1CC2=N[C@@H]2N1. The van der Waals surface area contributed by atoms with E-state index < -0.39 is 0 Å². The van der Waals surface area contributed by atoms with Crippen LogP contribution < -0.4 is 5.32 Å². The molecule has 1 N–H and O–H groups in total. The second kappa shape index (κ2) is 0.658. The molecule has 0 aliphatic carbocycles. The molecule has 0 aromatic rings. The van der Waals surface area contributed by atoms with Gasteiger partial charge in [-0.05, 0) is 0 Å². The first-order chi connectivity index (χ1) is 2.97. The summed E-state index contributed by atoms with van der Waals surface area (Å²) in [6.45, 7) is 1.16. The predicted molar refractivity (Wildman–Crippen MR) is 23.8 cm³/mol. The Bertz CT molecular complexity index is 106. The lowest BCUT2D eigenvalue weighted by molar-refractivity contribution is 0.752. The van der Waals surface area contributed by atoms with Crippen molar-refractivity contribution in [3.05, 3.63) is 0 Å². The first kappa shape index (κ1) is 2.75. The monoisotopic (exact) mass is 82.1 g/mol. The van der Waals surface area contributed by atoms with Crippen LogP contribution in [0, 0.1) is 0 Å². The molecule has 2 aliphatic rings. The van der Waals surface area contributed by atoms with Crippen LogP contribution in [0.1, 0.15) is 6.42 Å². The molecule has 6 heavy (non-hydrogen) atoms. The number of aliphatic imine (C=N–C) groups is 1. The molecule has 2 heteroatoms. The van der Waals surface area contributed by atoms with Crippen LogP contribution in [0.25, 0.3) is 0 Å². The molecule has 0 unspecified atom stereocenters. The highest BCUT2D eigenvalue weighted by molar-refractivity contribution is 6.01. The molecule has 2 heterocycles. The van der Waals surface area contributed by atoms with Gasteiger partial charge in [0.25, 0.3) is 0 Å². The molecule has 0 radical (unpaired) electrons. The molecule has 0 spiro atoms. The Morgan fingerprint density at radius 2 is 2.83 bits per heavy atom. The number of nitrogens with one attached hydrogen (secondary N) is 1. The summed E-state index contributed by atoms with van der Waals surface area (Å²) in [7, 11) is 0. The Kier molecular flexibility index (Phi) is 0.301. The van der Waals surface area contributed by atoms with Gasteiger partial charge in [-0.15, -0.1) is 0 Å². The van der Waals surface area contributed by atoms with Crippen LogP contribution in [0.2, 0.25) is 0 Å². The molecular weight excluding hydrogens is 76.1 g/mol. The van der Waals surface area contributed by atoms with Crippen LogP contribution in [0.3, 0.4) is 0 Å². The number of rotatable bonds is 0. The minimum Gasteiger partial charge on any atom is -0.291 e. The van der Waals surface area contributed by atoms with E-state index in [4.69, 9.17) is 0 Å². The van der Waals surface area contributed by atoms with Crippen molar-refractivity contribution in [2.24, 2.45) is 4.99 Å². The maximum atomic E-state index is 4.07. The lowest BCUT2D eigenvalue weighted by Gasteiger charge is -1.83. The predicted octanol–water partition coefficient (Wildman–Crippen LogP) is -0.240. The third-order valence-corrected chi connectivity index (χ3v) is 1.26. The number of nitrogens with zero attached hydrogens (tertiary/aromatic N) is 1. The van der Waals surface area contributed by atoms with Crippen LogP contribution in [-0.2, 0) is 0 Å². The molecule has 0 aromatic carbocycles. The highest BCUT2D eigenvalue weighted by atomic mass is 15.2. The largest absolute Gasteiger partial charge is 0.291 e. The molecule has 1 atom stereocenters. The van der Waals surface area contributed by atoms with E-state index in [0.29, 0.717) is 6.17 Å². The molecule has 2 aliphatic heterocycles. The van der Waals surface area contributed by atoms with Crippen molar-refractivity contribution in [3.8, 4) is 0 Å². The average Bonchev–Trinajstić information content (AvgIpc) is 2.17. The quantitative estimate of drug-likeness (QED) is 0.428. The van der Waals surface area contributed by atoms with Gasteiger partial charge in [0.2, 0.25) is 0 Å². The lowest BCUT2D eigenvalue weighted by Crippen LogP contribution is -2.11. The molecule has 32 valence electrons. The van der Waals surface area contributed by atoms with Crippen molar-refractivity contribution in [1.82, 2.24) is 5.32 Å². The van der Waals surface area contributed by atoms with Crippen LogP contribution in [0.15, 0.2) is 4.99 Å². The molecule has 2 nitrogen and oxygen atoms in total. The van der Waals surface area contributed by atoms with Crippen molar-refractivity contribution in [2.45, 2.75) is 12.6 Å². The molecule has 1 saturated heterocycles. The number of hydrogen-bond acceptors (Lipinski definition) is 2. The van der Waals surface area contributed by atoms with Gasteiger partial charge in [-0.2, -0.15) is 0 Å². The van der Waals surface area contributed by atoms with E-state index in [9.17, 15) is 0 Å². The Labute approximate surface area is 36.3 Å². The van der Waals surface area contributed by atoms with Gasteiger partial charge in [-0.3, -0.25) is 10.3 Å². The summed E-state index contributed by atoms with van der Waals surface area (Å²) in [4.78, 5) is 4.07. The van der Waals surface area contributed by atoms with Gasteiger partial charge in [-0.1, -0.05) is 0 Å². The molecule has 0 bridgehead atoms. The highest BCUT2D eigenvalue weighted by Crippen LogP contribution is 2.16. The fourth-order valence-electron chi connectivity index (χ4n) is 0.830.